The molecule has 0 aliphatic carbocycles. The van der Waals surface area contributed by atoms with Crippen LogP contribution in [0.3, 0.4) is 0 Å². The Bertz CT molecular complexity index is 759. The van der Waals surface area contributed by atoms with Crippen molar-refractivity contribution in [2.24, 2.45) is 17.8 Å². The third kappa shape index (κ3) is 5.11. The first kappa shape index (κ1) is 22.4. The van der Waals surface area contributed by atoms with Crippen LogP contribution in [0.5, 0.6) is 5.75 Å². The number of rotatable bonds is 8. The molecular weight excluding hydrogens is 353 g/mol. The molecule has 0 spiro atoms. The summed E-state index contributed by atoms with van der Waals surface area (Å²) < 4.78 is 13.9. The van der Waals surface area contributed by atoms with Crippen LogP contribution in [0.2, 0.25) is 0 Å². The maximum Gasteiger partial charge on any atom is 0.127 e. The van der Waals surface area contributed by atoms with Crippen molar-refractivity contribution in [2.45, 2.75) is 65.9 Å². The lowest BCUT2D eigenvalue weighted by molar-refractivity contribution is 0.0536. The summed E-state index contributed by atoms with van der Waals surface area (Å²) in [5.41, 5.74) is 2.54. The Labute approximate surface area is 168 Å². The first-order valence-electron chi connectivity index (χ1n) is 10.2. The summed E-state index contributed by atoms with van der Waals surface area (Å²) in [7, 11) is 0. The zero-order chi connectivity index (χ0) is 21.0. The number of aliphatic hydroxyl groups excluding tert-OH is 1. The van der Waals surface area contributed by atoms with Gasteiger partial charge in [0.25, 0.3) is 0 Å². The van der Waals surface area contributed by atoms with E-state index in [2.05, 4.69) is 18.8 Å². The van der Waals surface area contributed by atoms with Crippen molar-refractivity contribution in [3.05, 3.63) is 59.2 Å². The van der Waals surface area contributed by atoms with E-state index >= 15 is 0 Å². The van der Waals surface area contributed by atoms with E-state index in [9.17, 15) is 14.6 Å². The molecule has 154 valence electrons. The van der Waals surface area contributed by atoms with Gasteiger partial charge in [0.05, 0.1) is 6.10 Å². The molecule has 0 aliphatic heterocycles. The quantitative estimate of drug-likeness (QED) is 0.614. The van der Waals surface area contributed by atoms with Crippen LogP contribution in [0.1, 0.15) is 70.2 Å². The Morgan fingerprint density at radius 2 is 1.71 bits per heavy atom. The molecule has 28 heavy (non-hydrogen) atoms. The van der Waals surface area contributed by atoms with Gasteiger partial charge in [0, 0.05) is 23.5 Å². The maximum atomic E-state index is 13.9. The lowest BCUT2D eigenvalue weighted by atomic mass is 9.68. The van der Waals surface area contributed by atoms with Gasteiger partial charge in [-0.1, -0.05) is 40.7 Å². The predicted molar refractivity (Wildman–Crippen MR) is 112 cm³/mol. The highest BCUT2D eigenvalue weighted by Gasteiger charge is 2.36. The maximum absolute atomic E-state index is 13.9. The van der Waals surface area contributed by atoms with E-state index in [1.54, 1.807) is 6.20 Å². The standard InChI is InChI=1S/C24H34FNO2/c1-14(2)20-11-18(25)12-22(28)24(20)16(5)23(17(6)27)21(15(3)4)13-19-9-7-8-10-26-19/h7-12,14-17,21,23,27-28H,13H2,1-6H3. The lowest BCUT2D eigenvalue weighted by Crippen LogP contribution is -2.35. The fourth-order valence-corrected chi connectivity index (χ4v) is 4.51. The van der Waals surface area contributed by atoms with Gasteiger partial charge < -0.3 is 10.2 Å². The van der Waals surface area contributed by atoms with Gasteiger partial charge in [0.1, 0.15) is 11.6 Å². The van der Waals surface area contributed by atoms with E-state index in [1.165, 1.54) is 12.1 Å². The number of aromatic nitrogens is 1. The van der Waals surface area contributed by atoms with Gasteiger partial charge in [-0.3, -0.25) is 4.98 Å². The van der Waals surface area contributed by atoms with Crippen molar-refractivity contribution in [2.75, 3.05) is 0 Å². The van der Waals surface area contributed by atoms with Gasteiger partial charge in [-0.15, -0.1) is 0 Å². The van der Waals surface area contributed by atoms with Gasteiger partial charge in [-0.2, -0.15) is 0 Å². The number of phenolic OH excluding ortho intramolecular Hbond substituents is 1. The van der Waals surface area contributed by atoms with Crippen molar-refractivity contribution >= 4 is 0 Å². The Balaban J connectivity index is 2.50. The molecule has 0 aliphatic rings. The molecule has 0 bridgehead atoms. The summed E-state index contributed by atoms with van der Waals surface area (Å²) in [5.74, 6) is -0.141. The number of benzene rings is 1. The van der Waals surface area contributed by atoms with E-state index in [-0.39, 0.29) is 29.4 Å². The Hall–Kier alpha value is -1.94. The molecule has 2 N–H and O–H groups in total. The van der Waals surface area contributed by atoms with Crippen LogP contribution >= 0.6 is 0 Å². The van der Waals surface area contributed by atoms with Crippen molar-refractivity contribution < 1.29 is 14.6 Å². The molecule has 0 radical (unpaired) electrons. The fraction of sp³-hybridized carbons (Fsp3) is 0.542. The zero-order valence-electron chi connectivity index (χ0n) is 17.9. The number of phenols is 1. The second-order valence-electron chi connectivity index (χ2n) is 8.62. The summed E-state index contributed by atoms with van der Waals surface area (Å²) in [4.78, 5) is 4.47. The fourth-order valence-electron chi connectivity index (χ4n) is 4.51. The summed E-state index contributed by atoms with van der Waals surface area (Å²) in [6, 6.07) is 8.57. The second kappa shape index (κ2) is 9.51. The zero-order valence-corrected chi connectivity index (χ0v) is 17.9. The average molecular weight is 388 g/mol. The molecular formula is C24H34FNO2. The van der Waals surface area contributed by atoms with E-state index < -0.39 is 11.9 Å². The first-order valence-corrected chi connectivity index (χ1v) is 10.2. The van der Waals surface area contributed by atoms with Crippen molar-refractivity contribution in [3.8, 4) is 5.75 Å². The molecule has 2 aromatic rings. The van der Waals surface area contributed by atoms with Crippen LogP contribution in [0.4, 0.5) is 4.39 Å². The van der Waals surface area contributed by atoms with E-state index in [1.807, 2.05) is 45.9 Å². The van der Waals surface area contributed by atoms with Crippen LogP contribution in [-0.4, -0.2) is 21.3 Å². The number of hydrogen-bond donors (Lipinski definition) is 2. The van der Waals surface area contributed by atoms with Gasteiger partial charge in [0.2, 0.25) is 0 Å². The minimum atomic E-state index is -0.574. The second-order valence-corrected chi connectivity index (χ2v) is 8.62. The topological polar surface area (TPSA) is 53.4 Å². The Kier molecular flexibility index (Phi) is 7.59. The summed E-state index contributed by atoms with van der Waals surface area (Å²) >= 11 is 0. The number of nitrogens with zero attached hydrogens (tertiary/aromatic N) is 1. The summed E-state index contributed by atoms with van der Waals surface area (Å²) in [6.45, 7) is 12.1. The first-order chi connectivity index (χ1) is 13.1. The van der Waals surface area contributed by atoms with Crippen molar-refractivity contribution in [1.29, 1.82) is 0 Å². The minimum absolute atomic E-state index is 0.0257. The molecule has 0 fully saturated rings. The van der Waals surface area contributed by atoms with Crippen molar-refractivity contribution in [1.82, 2.24) is 4.98 Å². The highest BCUT2D eigenvalue weighted by molar-refractivity contribution is 5.44. The molecule has 0 saturated heterocycles. The lowest BCUT2D eigenvalue weighted by Gasteiger charge is -2.38. The van der Waals surface area contributed by atoms with E-state index in [0.29, 0.717) is 5.92 Å². The summed E-state index contributed by atoms with van der Waals surface area (Å²) in [6.07, 6.45) is 1.96. The van der Waals surface area contributed by atoms with E-state index in [0.717, 1.165) is 23.2 Å². The van der Waals surface area contributed by atoms with Crippen LogP contribution in [0, 0.1) is 23.6 Å². The third-order valence-corrected chi connectivity index (χ3v) is 5.89. The largest absolute Gasteiger partial charge is 0.508 e. The van der Waals surface area contributed by atoms with Gasteiger partial charge in [-0.25, -0.2) is 4.39 Å². The smallest absolute Gasteiger partial charge is 0.127 e. The molecule has 1 aromatic carbocycles. The molecule has 0 saturated carbocycles. The van der Waals surface area contributed by atoms with Gasteiger partial charge in [-0.05, 0) is 66.7 Å². The number of pyridine rings is 1. The summed E-state index contributed by atoms with van der Waals surface area (Å²) in [5, 5.41) is 21.3. The predicted octanol–water partition coefficient (Wildman–Crippen LogP) is 5.67. The monoisotopic (exact) mass is 387 g/mol. The molecule has 4 atom stereocenters. The van der Waals surface area contributed by atoms with E-state index in [4.69, 9.17) is 0 Å². The molecule has 1 heterocycles. The minimum Gasteiger partial charge on any atom is -0.508 e. The molecule has 4 heteroatoms. The highest BCUT2D eigenvalue weighted by Crippen LogP contribution is 2.43. The Morgan fingerprint density at radius 3 is 2.21 bits per heavy atom. The molecule has 1 aromatic heterocycles. The molecule has 4 unspecified atom stereocenters. The number of halogens is 1. The molecule has 3 nitrogen and oxygen atoms in total. The SMILES string of the molecule is CC(C)c1cc(F)cc(O)c1C(C)C(C(C)O)C(Cc1ccccn1)C(C)C. The van der Waals surface area contributed by atoms with Crippen LogP contribution in [-0.2, 0) is 6.42 Å². The van der Waals surface area contributed by atoms with Crippen LogP contribution < -0.4 is 0 Å². The van der Waals surface area contributed by atoms with Crippen molar-refractivity contribution in [3.63, 3.8) is 0 Å². The number of aromatic hydroxyl groups is 1. The molecule has 0 amide bonds. The molecule has 2 rings (SSSR count). The normalized spacial score (nSPS) is 16.2. The van der Waals surface area contributed by atoms with Crippen LogP contribution in [0.15, 0.2) is 36.5 Å². The number of hydrogen-bond acceptors (Lipinski definition) is 3. The number of aliphatic hydroxyl groups is 1. The Morgan fingerprint density at radius 1 is 1.04 bits per heavy atom. The van der Waals surface area contributed by atoms with Gasteiger partial charge >= 0.3 is 0 Å². The highest BCUT2D eigenvalue weighted by atomic mass is 19.1. The average Bonchev–Trinajstić information content (AvgIpc) is 2.60. The van der Waals surface area contributed by atoms with Crippen LogP contribution in [0.25, 0.3) is 0 Å². The third-order valence-electron chi connectivity index (χ3n) is 5.89. The van der Waals surface area contributed by atoms with Gasteiger partial charge in [0.15, 0.2) is 0 Å².